The molecule has 0 spiro atoms. The summed E-state index contributed by atoms with van der Waals surface area (Å²) in [6.45, 7) is 3.58. The summed E-state index contributed by atoms with van der Waals surface area (Å²) in [4.78, 5) is 12.2. The quantitative estimate of drug-likeness (QED) is 0.861. The summed E-state index contributed by atoms with van der Waals surface area (Å²) in [5, 5.41) is 6.83. The van der Waals surface area contributed by atoms with Crippen molar-refractivity contribution in [3.8, 4) is 0 Å². The Morgan fingerprint density at radius 2 is 1.91 bits per heavy atom. The molecule has 7 heteroatoms. The zero-order chi connectivity index (χ0) is 17.0. The van der Waals surface area contributed by atoms with Crippen LogP contribution >= 0.6 is 0 Å². The number of hydrogen-bond acceptors (Lipinski definition) is 4. The molecule has 2 rings (SSSR count). The lowest BCUT2D eigenvalue weighted by Crippen LogP contribution is -2.38. The average molecular weight is 335 g/mol. The van der Waals surface area contributed by atoms with Crippen LogP contribution in [0.25, 0.3) is 0 Å². The number of carbonyl (C=O) groups is 1. The van der Waals surface area contributed by atoms with Crippen molar-refractivity contribution in [1.29, 1.82) is 0 Å². The molecule has 124 valence electrons. The van der Waals surface area contributed by atoms with Gasteiger partial charge < -0.3 is 5.32 Å². The summed E-state index contributed by atoms with van der Waals surface area (Å²) in [7, 11) is -1.65. The van der Waals surface area contributed by atoms with Crippen molar-refractivity contribution in [3.63, 3.8) is 0 Å². The van der Waals surface area contributed by atoms with Gasteiger partial charge in [-0.2, -0.15) is 5.10 Å². The van der Waals surface area contributed by atoms with E-state index >= 15 is 0 Å². The van der Waals surface area contributed by atoms with E-state index in [1.54, 1.807) is 55.2 Å². The van der Waals surface area contributed by atoms with Crippen LogP contribution < -0.4 is 5.32 Å². The molecule has 0 radical (unpaired) electrons. The van der Waals surface area contributed by atoms with Crippen LogP contribution in [0.4, 0.5) is 0 Å². The molecule has 0 saturated heterocycles. The number of sulfone groups is 1. The average Bonchev–Trinajstić information content (AvgIpc) is 2.83. The minimum Gasteiger partial charge on any atom is -0.352 e. The monoisotopic (exact) mass is 335 g/mol. The maximum atomic E-state index is 12.3. The number of benzene rings is 1. The van der Waals surface area contributed by atoms with Crippen molar-refractivity contribution in [2.75, 3.05) is 5.75 Å². The van der Waals surface area contributed by atoms with Gasteiger partial charge in [-0.05, 0) is 32.0 Å². The van der Waals surface area contributed by atoms with Crippen molar-refractivity contribution in [2.45, 2.75) is 31.2 Å². The number of aromatic nitrogens is 2. The van der Waals surface area contributed by atoms with Gasteiger partial charge in [0.1, 0.15) is 0 Å². The molecule has 2 aromatic rings. The Morgan fingerprint density at radius 1 is 1.26 bits per heavy atom. The molecule has 1 atom stereocenters. The Morgan fingerprint density at radius 3 is 2.48 bits per heavy atom. The number of amides is 1. The molecule has 23 heavy (non-hydrogen) atoms. The molecule has 0 aliphatic heterocycles. The van der Waals surface area contributed by atoms with Crippen molar-refractivity contribution in [1.82, 2.24) is 15.1 Å². The highest BCUT2D eigenvalue weighted by atomic mass is 32.2. The van der Waals surface area contributed by atoms with Gasteiger partial charge in [-0.3, -0.25) is 9.48 Å². The minimum atomic E-state index is -3.43. The number of hydrogen-bond donors (Lipinski definition) is 1. The second kappa shape index (κ2) is 6.95. The predicted molar refractivity (Wildman–Crippen MR) is 87.7 cm³/mol. The Kier molecular flexibility index (Phi) is 5.20. The first-order valence-corrected chi connectivity index (χ1v) is 8.99. The summed E-state index contributed by atoms with van der Waals surface area (Å²) >= 11 is 0. The van der Waals surface area contributed by atoms with E-state index in [9.17, 15) is 13.2 Å². The molecule has 0 fully saturated rings. The SMILES string of the molecule is Cc1ccc(S(=O)(=O)CC(C)NC(=O)Cc2ccn(C)n2)cc1. The van der Waals surface area contributed by atoms with Crippen molar-refractivity contribution in [2.24, 2.45) is 7.05 Å². The van der Waals surface area contributed by atoms with Crippen LogP contribution in [-0.4, -0.2) is 35.9 Å². The van der Waals surface area contributed by atoms with Gasteiger partial charge in [0, 0.05) is 19.3 Å². The molecule has 1 heterocycles. The van der Waals surface area contributed by atoms with Gasteiger partial charge in [0.15, 0.2) is 9.84 Å². The third kappa shape index (κ3) is 4.92. The van der Waals surface area contributed by atoms with Gasteiger partial charge in [-0.15, -0.1) is 0 Å². The maximum absolute atomic E-state index is 12.3. The summed E-state index contributed by atoms with van der Waals surface area (Å²) < 4.78 is 26.3. The molecule has 0 aliphatic rings. The summed E-state index contributed by atoms with van der Waals surface area (Å²) in [5.74, 6) is -0.375. The van der Waals surface area contributed by atoms with Gasteiger partial charge in [0.2, 0.25) is 5.91 Å². The maximum Gasteiger partial charge on any atom is 0.226 e. The first-order valence-electron chi connectivity index (χ1n) is 7.33. The summed E-state index contributed by atoms with van der Waals surface area (Å²) in [5.41, 5.74) is 1.65. The van der Waals surface area contributed by atoms with Crippen LogP contribution in [0.15, 0.2) is 41.4 Å². The molecule has 6 nitrogen and oxygen atoms in total. The predicted octanol–water partition coefficient (Wildman–Crippen LogP) is 1.25. The third-order valence-corrected chi connectivity index (χ3v) is 5.30. The van der Waals surface area contributed by atoms with Gasteiger partial charge in [-0.1, -0.05) is 17.7 Å². The second-order valence-corrected chi connectivity index (χ2v) is 7.75. The van der Waals surface area contributed by atoms with E-state index in [4.69, 9.17) is 0 Å². The molecular weight excluding hydrogens is 314 g/mol. The third-order valence-electron chi connectivity index (χ3n) is 3.37. The Labute approximate surface area is 136 Å². The number of nitrogens with zero attached hydrogens (tertiary/aromatic N) is 2. The molecule has 0 aliphatic carbocycles. The van der Waals surface area contributed by atoms with E-state index in [1.165, 1.54) is 0 Å². The zero-order valence-electron chi connectivity index (χ0n) is 13.5. The zero-order valence-corrected chi connectivity index (χ0v) is 14.3. The van der Waals surface area contributed by atoms with E-state index in [1.807, 2.05) is 6.92 Å². The van der Waals surface area contributed by atoms with Crippen LogP contribution in [0, 0.1) is 6.92 Å². The van der Waals surface area contributed by atoms with E-state index in [-0.39, 0.29) is 23.0 Å². The Hall–Kier alpha value is -2.15. The fraction of sp³-hybridized carbons (Fsp3) is 0.375. The normalized spacial score (nSPS) is 12.8. The molecule has 1 amide bonds. The van der Waals surface area contributed by atoms with Crippen LogP contribution in [0.1, 0.15) is 18.2 Å². The molecular formula is C16H21N3O3S. The van der Waals surface area contributed by atoms with Crippen molar-refractivity contribution >= 4 is 15.7 Å². The highest BCUT2D eigenvalue weighted by Gasteiger charge is 2.20. The number of aryl methyl sites for hydroxylation is 2. The lowest BCUT2D eigenvalue weighted by Gasteiger charge is -2.14. The van der Waals surface area contributed by atoms with E-state index in [0.717, 1.165) is 5.56 Å². The molecule has 0 bridgehead atoms. The lowest BCUT2D eigenvalue weighted by atomic mass is 10.2. The van der Waals surface area contributed by atoms with E-state index in [2.05, 4.69) is 10.4 Å². The summed E-state index contributed by atoms with van der Waals surface area (Å²) in [6, 6.07) is 7.99. The number of carbonyl (C=O) groups excluding carboxylic acids is 1. The van der Waals surface area contributed by atoms with E-state index < -0.39 is 15.9 Å². The van der Waals surface area contributed by atoms with Crippen molar-refractivity contribution in [3.05, 3.63) is 47.8 Å². The first kappa shape index (κ1) is 17.2. The van der Waals surface area contributed by atoms with Crippen molar-refractivity contribution < 1.29 is 13.2 Å². The Bertz CT molecular complexity index is 779. The van der Waals surface area contributed by atoms with Crippen LogP contribution in [0.2, 0.25) is 0 Å². The Balaban J connectivity index is 1.94. The number of nitrogens with one attached hydrogen (secondary N) is 1. The highest BCUT2D eigenvalue weighted by Crippen LogP contribution is 2.13. The lowest BCUT2D eigenvalue weighted by molar-refractivity contribution is -0.120. The largest absolute Gasteiger partial charge is 0.352 e. The van der Waals surface area contributed by atoms with Gasteiger partial charge in [0.25, 0.3) is 0 Å². The highest BCUT2D eigenvalue weighted by molar-refractivity contribution is 7.91. The molecule has 1 aromatic carbocycles. The molecule has 1 N–H and O–H groups in total. The second-order valence-electron chi connectivity index (χ2n) is 5.72. The van der Waals surface area contributed by atoms with Gasteiger partial charge in [0.05, 0.1) is 22.8 Å². The fourth-order valence-corrected chi connectivity index (χ4v) is 3.75. The first-order chi connectivity index (χ1) is 10.8. The van der Waals surface area contributed by atoms with Crippen LogP contribution in [0.5, 0.6) is 0 Å². The van der Waals surface area contributed by atoms with Gasteiger partial charge in [-0.25, -0.2) is 8.42 Å². The summed E-state index contributed by atoms with van der Waals surface area (Å²) in [6.07, 6.45) is 1.89. The molecule has 1 unspecified atom stereocenters. The topological polar surface area (TPSA) is 81.1 Å². The van der Waals surface area contributed by atoms with Crippen LogP contribution in [0.3, 0.4) is 0 Å². The van der Waals surface area contributed by atoms with Gasteiger partial charge >= 0.3 is 0 Å². The minimum absolute atomic E-state index is 0.135. The smallest absolute Gasteiger partial charge is 0.226 e. The fourth-order valence-electron chi connectivity index (χ4n) is 2.26. The number of rotatable bonds is 6. The standard InChI is InChI=1S/C16H21N3O3S/c1-12-4-6-15(7-5-12)23(21,22)11-13(2)17-16(20)10-14-8-9-19(3)18-14/h4-9,13H,10-11H2,1-3H3,(H,17,20). The van der Waals surface area contributed by atoms with Crippen LogP contribution in [-0.2, 0) is 28.1 Å². The molecule has 1 aromatic heterocycles. The van der Waals surface area contributed by atoms with E-state index in [0.29, 0.717) is 5.69 Å². The molecule has 0 saturated carbocycles.